The first kappa shape index (κ1) is 21.3. The fraction of sp³-hybridized carbons (Fsp3) is 0.308. The molecule has 4 aromatic rings. The van der Waals surface area contributed by atoms with Gasteiger partial charge in [0, 0.05) is 55.3 Å². The van der Waals surface area contributed by atoms with Crippen molar-refractivity contribution in [3.8, 4) is 22.9 Å². The monoisotopic (exact) mass is 484 g/mol. The lowest BCUT2D eigenvalue weighted by atomic mass is 10.0. The maximum Gasteiger partial charge on any atom is 0.324 e. The van der Waals surface area contributed by atoms with Crippen molar-refractivity contribution in [2.24, 2.45) is 17.6 Å². The molecule has 2 fully saturated rings. The molecule has 2 aromatic carbocycles. The molecule has 5 N–H and O–H groups in total. The Kier molecular flexibility index (Phi) is 4.41. The minimum atomic E-state index is -0.295. The zero-order valence-corrected chi connectivity index (χ0v) is 19.9. The minimum Gasteiger partial charge on any atom is -0.424 e. The number of nitrogens with zero attached hydrogens (tertiary/aromatic N) is 5. The van der Waals surface area contributed by atoms with Gasteiger partial charge in [0.25, 0.3) is 0 Å². The molecule has 2 aromatic heterocycles. The molecule has 3 heterocycles. The molecule has 1 saturated heterocycles. The maximum atomic E-state index is 14.5. The zero-order valence-electron chi connectivity index (χ0n) is 19.9. The number of piperidine rings is 1. The van der Waals surface area contributed by atoms with Gasteiger partial charge in [0.2, 0.25) is 0 Å². The summed E-state index contributed by atoms with van der Waals surface area (Å²) in [6, 6.07) is 9.04. The highest BCUT2D eigenvalue weighted by Crippen LogP contribution is 2.50. The number of hydrogen-bond donors (Lipinski definition) is 3. The number of hydrogen-bond acceptors (Lipinski definition) is 9. The summed E-state index contributed by atoms with van der Waals surface area (Å²) in [6.07, 6.45) is 0.563. The van der Waals surface area contributed by atoms with Gasteiger partial charge in [-0.15, -0.1) is 0 Å². The van der Waals surface area contributed by atoms with E-state index in [1.54, 1.807) is 26.1 Å². The summed E-state index contributed by atoms with van der Waals surface area (Å²) in [6.45, 7) is 3.44. The maximum absolute atomic E-state index is 14.5. The van der Waals surface area contributed by atoms with Crippen molar-refractivity contribution in [2.75, 3.05) is 36.1 Å². The Morgan fingerprint density at radius 2 is 1.89 bits per heavy atom. The molecule has 0 amide bonds. The number of fused-ring (bicyclic) bond motifs is 5. The van der Waals surface area contributed by atoms with E-state index < -0.39 is 0 Å². The second kappa shape index (κ2) is 7.47. The van der Waals surface area contributed by atoms with Gasteiger partial charge in [-0.3, -0.25) is 0 Å². The molecule has 2 unspecified atom stereocenters. The number of rotatable bonds is 4. The molecule has 1 saturated carbocycles. The van der Waals surface area contributed by atoms with Crippen molar-refractivity contribution in [2.45, 2.75) is 19.4 Å². The summed E-state index contributed by atoms with van der Waals surface area (Å²) >= 11 is 0. The number of aryl methyl sites for hydroxylation is 1. The first-order valence-electron chi connectivity index (χ1n) is 12.0. The SMILES string of the molecule is CNc1cc(F)cc2c1Cc1nc(Oc3ccc4c(N)nc(C)nc4c3)nc(N3CC4C(N)C4C3)c1-2. The van der Waals surface area contributed by atoms with E-state index in [-0.39, 0.29) is 17.9 Å². The van der Waals surface area contributed by atoms with Crippen LogP contribution in [0.5, 0.6) is 11.8 Å². The molecule has 0 radical (unpaired) electrons. The van der Waals surface area contributed by atoms with E-state index in [0.29, 0.717) is 41.2 Å². The lowest BCUT2D eigenvalue weighted by molar-refractivity contribution is 0.440. The molecule has 36 heavy (non-hydrogen) atoms. The van der Waals surface area contributed by atoms with Crippen LogP contribution in [0.4, 0.5) is 21.7 Å². The van der Waals surface area contributed by atoms with Crippen LogP contribution in [0.15, 0.2) is 30.3 Å². The molecule has 9 nitrogen and oxygen atoms in total. The number of nitrogens with two attached hydrogens (primary N) is 2. The zero-order chi connectivity index (χ0) is 24.7. The van der Waals surface area contributed by atoms with Crippen molar-refractivity contribution >= 4 is 28.2 Å². The average molecular weight is 485 g/mol. The van der Waals surface area contributed by atoms with E-state index in [2.05, 4.69) is 20.2 Å². The molecule has 10 heteroatoms. The van der Waals surface area contributed by atoms with Crippen LogP contribution >= 0.6 is 0 Å². The lowest BCUT2D eigenvalue weighted by Crippen LogP contribution is -2.29. The van der Waals surface area contributed by atoms with Gasteiger partial charge >= 0.3 is 6.01 Å². The number of nitrogen functional groups attached to an aromatic ring is 1. The average Bonchev–Trinajstić information content (AvgIpc) is 3.17. The second-order valence-corrected chi connectivity index (χ2v) is 9.80. The normalized spacial score (nSPS) is 21.3. The van der Waals surface area contributed by atoms with Gasteiger partial charge in [0.15, 0.2) is 0 Å². The quantitative estimate of drug-likeness (QED) is 0.352. The van der Waals surface area contributed by atoms with Crippen LogP contribution in [0.3, 0.4) is 0 Å². The van der Waals surface area contributed by atoms with Crippen LogP contribution < -0.4 is 26.4 Å². The van der Waals surface area contributed by atoms with E-state index in [1.807, 2.05) is 12.1 Å². The summed E-state index contributed by atoms with van der Waals surface area (Å²) in [7, 11) is 1.80. The molecule has 2 aliphatic carbocycles. The highest BCUT2D eigenvalue weighted by atomic mass is 19.1. The highest BCUT2D eigenvalue weighted by Gasteiger charge is 2.54. The molecule has 0 spiro atoms. The number of halogens is 1. The van der Waals surface area contributed by atoms with Crippen molar-refractivity contribution in [3.05, 3.63) is 53.2 Å². The van der Waals surface area contributed by atoms with Crippen molar-refractivity contribution < 1.29 is 9.13 Å². The van der Waals surface area contributed by atoms with Crippen LogP contribution in [-0.2, 0) is 6.42 Å². The Hall–Kier alpha value is -4.05. The summed E-state index contributed by atoms with van der Waals surface area (Å²) in [5.41, 5.74) is 17.2. The Morgan fingerprint density at radius 3 is 2.67 bits per heavy atom. The Morgan fingerprint density at radius 1 is 1.08 bits per heavy atom. The number of nitrogens with one attached hydrogen (secondary N) is 1. The minimum absolute atomic E-state index is 0.242. The molecule has 182 valence electrons. The van der Waals surface area contributed by atoms with Gasteiger partial charge in [-0.05, 0) is 54.2 Å². The van der Waals surface area contributed by atoms with Crippen LogP contribution in [0.25, 0.3) is 22.0 Å². The van der Waals surface area contributed by atoms with Crippen molar-refractivity contribution in [1.82, 2.24) is 19.9 Å². The van der Waals surface area contributed by atoms with Gasteiger partial charge in [0.1, 0.15) is 29.0 Å². The van der Waals surface area contributed by atoms with E-state index in [1.165, 1.54) is 6.07 Å². The first-order valence-corrected chi connectivity index (χ1v) is 12.0. The van der Waals surface area contributed by atoms with Gasteiger partial charge in [0.05, 0.1) is 11.2 Å². The Balaban J connectivity index is 1.32. The molecular weight excluding hydrogens is 459 g/mol. The standard InChI is InChI=1S/C26H25FN8O/c1-11-31-20-7-13(3-4-14(20)24(29)32-11)36-26-33-21-8-15-16(5-12(27)6-19(15)30-2)22(21)25(34-26)35-9-17-18(10-35)23(17)28/h3-7,17-18,23,30H,8-10,28H2,1-2H3,(H2,29,31,32). The predicted molar refractivity (Wildman–Crippen MR) is 136 cm³/mol. The van der Waals surface area contributed by atoms with Crippen molar-refractivity contribution in [3.63, 3.8) is 0 Å². The molecule has 0 bridgehead atoms. The molecular formula is C26H25FN8O. The second-order valence-electron chi connectivity index (χ2n) is 9.80. The lowest BCUT2D eigenvalue weighted by Gasteiger charge is -2.23. The van der Waals surface area contributed by atoms with Gasteiger partial charge in [-0.2, -0.15) is 9.97 Å². The van der Waals surface area contributed by atoms with Crippen LogP contribution in [0.2, 0.25) is 0 Å². The van der Waals surface area contributed by atoms with Crippen LogP contribution in [0.1, 0.15) is 17.1 Å². The van der Waals surface area contributed by atoms with E-state index in [0.717, 1.165) is 52.4 Å². The van der Waals surface area contributed by atoms with E-state index >= 15 is 0 Å². The summed E-state index contributed by atoms with van der Waals surface area (Å²) in [4.78, 5) is 20.6. The van der Waals surface area contributed by atoms with Crippen LogP contribution in [-0.4, -0.2) is 46.1 Å². The van der Waals surface area contributed by atoms with Crippen molar-refractivity contribution in [1.29, 1.82) is 0 Å². The topological polar surface area (TPSA) is 128 Å². The summed E-state index contributed by atoms with van der Waals surface area (Å²) < 4.78 is 20.7. The third-order valence-electron chi connectivity index (χ3n) is 7.62. The fourth-order valence-electron chi connectivity index (χ4n) is 5.76. The number of anilines is 3. The van der Waals surface area contributed by atoms with Gasteiger partial charge in [-0.25, -0.2) is 14.4 Å². The number of ether oxygens (including phenoxy) is 1. The molecule has 3 aliphatic rings. The summed E-state index contributed by atoms with van der Waals surface area (Å²) in [5.74, 6) is 2.97. The fourth-order valence-corrected chi connectivity index (χ4v) is 5.76. The van der Waals surface area contributed by atoms with Gasteiger partial charge < -0.3 is 26.4 Å². The van der Waals surface area contributed by atoms with E-state index in [4.69, 9.17) is 26.2 Å². The molecule has 7 rings (SSSR count). The highest BCUT2D eigenvalue weighted by molar-refractivity contribution is 5.89. The van der Waals surface area contributed by atoms with Gasteiger partial charge in [-0.1, -0.05) is 0 Å². The van der Waals surface area contributed by atoms with Crippen LogP contribution in [0, 0.1) is 24.6 Å². The predicted octanol–water partition coefficient (Wildman–Crippen LogP) is 3.25. The Bertz CT molecular complexity index is 1560. The smallest absolute Gasteiger partial charge is 0.324 e. The summed E-state index contributed by atoms with van der Waals surface area (Å²) in [5, 5.41) is 3.88. The Labute approximate surface area is 206 Å². The third kappa shape index (κ3) is 3.17. The molecule has 2 atom stereocenters. The molecule has 1 aliphatic heterocycles. The number of aromatic nitrogens is 4. The largest absolute Gasteiger partial charge is 0.424 e. The first-order chi connectivity index (χ1) is 17.4. The third-order valence-corrected chi connectivity index (χ3v) is 7.62. The number of benzene rings is 2. The van der Waals surface area contributed by atoms with E-state index in [9.17, 15) is 4.39 Å².